The highest BCUT2D eigenvalue weighted by Gasteiger charge is 2.48. The van der Waals surface area contributed by atoms with Gasteiger partial charge in [-0.1, -0.05) is 42.5 Å². The Hall–Kier alpha value is -1.21. The van der Waals surface area contributed by atoms with Crippen LogP contribution in [0.15, 0.2) is 42.5 Å². The van der Waals surface area contributed by atoms with Gasteiger partial charge in [0.2, 0.25) is 10.0 Å². The molecule has 2 aliphatic heterocycles. The molecule has 0 amide bonds. The smallest absolute Gasteiger partial charge is 0.211 e. The highest BCUT2D eigenvalue weighted by atomic mass is 32.2. The number of rotatable bonds is 11. The lowest BCUT2D eigenvalue weighted by atomic mass is 9.77. The lowest BCUT2D eigenvalue weighted by molar-refractivity contribution is 0.0876. The molecule has 2 fully saturated rings. The normalized spacial score (nSPS) is 28.2. The predicted molar refractivity (Wildman–Crippen MR) is 111 cm³/mol. The summed E-state index contributed by atoms with van der Waals surface area (Å²) in [6.07, 6.45) is 9.66. The number of ether oxygens (including phenoxy) is 1. The zero-order valence-electron chi connectivity index (χ0n) is 16.7. The SMILES string of the molecule is C[C@H](O)CCC=CCC1[C@@H]2CC[C@@H](O2)[C@@H]1CNS(=O)(=O)CCc1ccccc1. The second kappa shape index (κ2) is 10.0. The van der Waals surface area contributed by atoms with Crippen molar-refractivity contribution in [2.45, 2.75) is 63.8 Å². The lowest BCUT2D eigenvalue weighted by Gasteiger charge is -2.27. The van der Waals surface area contributed by atoms with Crippen LogP contribution in [0.4, 0.5) is 0 Å². The molecule has 1 aromatic carbocycles. The number of hydrogen-bond donors (Lipinski definition) is 2. The van der Waals surface area contributed by atoms with Gasteiger partial charge < -0.3 is 9.84 Å². The van der Waals surface area contributed by atoms with E-state index in [4.69, 9.17) is 4.74 Å². The molecule has 0 radical (unpaired) electrons. The average molecular weight is 408 g/mol. The van der Waals surface area contributed by atoms with Crippen LogP contribution in [0.5, 0.6) is 0 Å². The van der Waals surface area contributed by atoms with Gasteiger partial charge in [-0.2, -0.15) is 0 Å². The summed E-state index contributed by atoms with van der Waals surface area (Å²) in [5.41, 5.74) is 1.04. The maximum Gasteiger partial charge on any atom is 0.211 e. The number of nitrogens with one attached hydrogen (secondary N) is 1. The molecule has 2 heterocycles. The Labute approximate surface area is 169 Å². The zero-order chi connectivity index (χ0) is 20.0. The second-order valence-electron chi connectivity index (χ2n) is 8.15. The van der Waals surface area contributed by atoms with E-state index in [9.17, 15) is 13.5 Å². The molecule has 0 aromatic heterocycles. The quantitative estimate of drug-likeness (QED) is 0.553. The molecule has 0 spiro atoms. The molecule has 2 bridgehead atoms. The van der Waals surface area contributed by atoms with E-state index >= 15 is 0 Å². The number of aryl methyl sites for hydroxylation is 1. The molecular weight excluding hydrogens is 374 g/mol. The number of allylic oxidation sites excluding steroid dienone is 2. The summed E-state index contributed by atoms with van der Waals surface area (Å²) in [5, 5.41) is 9.33. The molecule has 6 heteroatoms. The first-order valence-electron chi connectivity index (χ1n) is 10.4. The first-order chi connectivity index (χ1) is 13.4. The topological polar surface area (TPSA) is 75.6 Å². The third-order valence-corrected chi connectivity index (χ3v) is 7.31. The van der Waals surface area contributed by atoms with Crippen molar-refractivity contribution in [3.05, 3.63) is 48.0 Å². The van der Waals surface area contributed by atoms with Crippen LogP contribution >= 0.6 is 0 Å². The summed E-state index contributed by atoms with van der Waals surface area (Å²) < 4.78 is 33.8. The molecule has 2 N–H and O–H groups in total. The summed E-state index contributed by atoms with van der Waals surface area (Å²) in [6, 6.07) is 9.71. The fourth-order valence-corrected chi connectivity index (χ4v) is 5.48. The van der Waals surface area contributed by atoms with Crippen molar-refractivity contribution < 1.29 is 18.3 Å². The van der Waals surface area contributed by atoms with Crippen LogP contribution in [0.25, 0.3) is 0 Å². The first-order valence-corrected chi connectivity index (χ1v) is 12.1. The van der Waals surface area contributed by atoms with Crippen LogP contribution in [0.1, 0.15) is 44.6 Å². The van der Waals surface area contributed by atoms with Gasteiger partial charge in [0.25, 0.3) is 0 Å². The zero-order valence-corrected chi connectivity index (χ0v) is 17.5. The minimum Gasteiger partial charge on any atom is -0.393 e. The Morgan fingerprint density at radius 2 is 1.89 bits per heavy atom. The van der Waals surface area contributed by atoms with Gasteiger partial charge in [-0.05, 0) is 56.9 Å². The van der Waals surface area contributed by atoms with E-state index in [1.807, 2.05) is 30.3 Å². The molecule has 3 rings (SSSR count). The van der Waals surface area contributed by atoms with Crippen molar-refractivity contribution in [1.82, 2.24) is 4.72 Å². The second-order valence-corrected chi connectivity index (χ2v) is 10.1. The summed E-state index contributed by atoms with van der Waals surface area (Å²) >= 11 is 0. The maximum atomic E-state index is 12.4. The molecule has 28 heavy (non-hydrogen) atoms. The van der Waals surface area contributed by atoms with E-state index in [1.54, 1.807) is 6.92 Å². The minimum absolute atomic E-state index is 0.114. The van der Waals surface area contributed by atoms with Crippen LogP contribution in [0.3, 0.4) is 0 Å². The summed E-state index contributed by atoms with van der Waals surface area (Å²) in [4.78, 5) is 0. The van der Waals surface area contributed by atoms with Gasteiger partial charge in [-0.3, -0.25) is 0 Å². The van der Waals surface area contributed by atoms with Gasteiger partial charge in [0.05, 0.1) is 24.1 Å². The lowest BCUT2D eigenvalue weighted by Crippen LogP contribution is -2.39. The molecule has 2 saturated heterocycles. The molecule has 0 saturated carbocycles. The van der Waals surface area contributed by atoms with Crippen molar-refractivity contribution in [2.75, 3.05) is 12.3 Å². The Morgan fingerprint density at radius 3 is 2.61 bits per heavy atom. The maximum absolute atomic E-state index is 12.4. The fourth-order valence-electron chi connectivity index (χ4n) is 4.38. The van der Waals surface area contributed by atoms with E-state index in [0.717, 1.165) is 37.7 Å². The van der Waals surface area contributed by atoms with Crippen LogP contribution in [0.2, 0.25) is 0 Å². The van der Waals surface area contributed by atoms with Crippen molar-refractivity contribution >= 4 is 10.0 Å². The van der Waals surface area contributed by atoms with Crippen LogP contribution in [-0.4, -0.2) is 44.1 Å². The van der Waals surface area contributed by atoms with Crippen LogP contribution in [-0.2, 0) is 21.2 Å². The fraction of sp³-hybridized carbons (Fsp3) is 0.636. The van der Waals surface area contributed by atoms with Gasteiger partial charge in [0, 0.05) is 12.5 Å². The van der Waals surface area contributed by atoms with Gasteiger partial charge in [0.1, 0.15) is 0 Å². The van der Waals surface area contributed by atoms with E-state index in [1.165, 1.54) is 0 Å². The van der Waals surface area contributed by atoms with Crippen molar-refractivity contribution in [3.8, 4) is 0 Å². The van der Waals surface area contributed by atoms with E-state index < -0.39 is 10.0 Å². The van der Waals surface area contributed by atoms with Gasteiger partial charge in [0.15, 0.2) is 0 Å². The number of hydrogen-bond acceptors (Lipinski definition) is 4. The molecule has 1 aromatic rings. The summed E-state index contributed by atoms with van der Waals surface area (Å²) in [5.74, 6) is 0.729. The Kier molecular flexibility index (Phi) is 7.69. The van der Waals surface area contributed by atoms with Gasteiger partial charge in [-0.15, -0.1) is 0 Å². The largest absolute Gasteiger partial charge is 0.393 e. The highest BCUT2D eigenvalue weighted by Crippen LogP contribution is 2.44. The third-order valence-electron chi connectivity index (χ3n) is 5.96. The van der Waals surface area contributed by atoms with Gasteiger partial charge in [-0.25, -0.2) is 13.1 Å². The molecule has 0 aliphatic carbocycles. The number of aliphatic hydroxyl groups excluding tert-OH is 1. The standard InChI is InChI=1S/C22H33NO4S/c1-17(24)8-4-2-7-11-19-20(22-13-12-21(19)27-22)16-23-28(25,26)15-14-18-9-5-3-6-10-18/h2-3,5-7,9-10,17,19-24H,4,8,11-16H2,1H3/t17-,19?,20+,21-,22+/m0/s1. The minimum atomic E-state index is -3.30. The van der Waals surface area contributed by atoms with Crippen LogP contribution < -0.4 is 4.72 Å². The number of benzene rings is 1. The van der Waals surface area contributed by atoms with E-state index in [-0.39, 0.29) is 30.0 Å². The highest BCUT2D eigenvalue weighted by molar-refractivity contribution is 7.89. The number of sulfonamides is 1. The van der Waals surface area contributed by atoms with Crippen molar-refractivity contribution in [1.29, 1.82) is 0 Å². The number of aliphatic hydroxyl groups is 1. The Morgan fingerprint density at radius 1 is 1.18 bits per heavy atom. The molecule has 5 atom stereocenters. The first kappa shape index (κ1) is 21.5. The van der Waals surface area contributed by atoms with E-state index in [0.29, 0.717) is 18.9 Å². The van der Waals surface area contributed by atoms with Crippen molar-refractivity contribution in [3.63, 3.8) is 0 Å². The average Bonchev–Trinajstić information content (AvgIpc) is 3.27. The molecule has 5 nitrogen and oxygen atoms in total. The summed E-state index contributed by atoms with van der Waals surface area (Å²) in [6.45, 7) is 2.27. The predicted octanol–water partition coefficient (Wildman–Crippen LogP) is 3.05. The summed E-state index contributed by atoms with van der Waals surface area (Å²) in [7, 11) is -3.30. The van der Waals surface area contributed by atoms with E-state index in [2.05, 4.69) is 16.9 Å². The molecule has 1 unspecified atom stereocenters. The van der Waals surface area contributed by atoms with Crippen LogP contribution in [0, 0.1) is 11.8 Å². The Balaban J connectivity index is 1.48. The monoisotopic (exact) mass is 407 g/mol. The third kappa shape index (κ3) is 6.14. The number of fused-ring (bicyclic) bond motifs is 2. The van der Waals surface area contributed by atoms with Gasteiger partial charge >= 0.3 is 0 Å². The molecule has 156 valence electrons. The molecule has 2 aliphatic rings. The van der Waals surface area contributed by atoms with Crippen molar-refractivity contribution in [2.24, 2.45) is 11.8 Å². The molecular formula is C22H33NO4S. The Bertz CT molecular complexity index is 732.